The second-order valence-corrected chi connectivity index (χ2v) is 6.21. The van der Waals surface area contributed by atoms with Gasteiger partial charge in [0.2, 0.25) is 5.91 Å². The average Bonchev–Trinajstić information content (AvgIpc) is 2.83. The molecule has 1 heterocycles. The fraction of sp³-hybridized carbons (Fsp3) is 0.625. The molecule has 1 saturated carbocycles. The largest absolute Gasteiger partial charge is 0.347 e. The number of hydrogen-bond acceptors (Lipinski definition) is 3. The molecular formula is C16H27Cl2N3O. The summed E-state index contributed by atoms with van der Waals surface area (Å²) in [5.74, 6) is 0.500. The summed E-state index contributed by atoms with van der Waals surface area (Å²) < 4.78 is 0. The minimum atomic E-state index is -0.0273. The number of rotatable bonds is 4. The first-order valence-corrected chi connectivity index (χ1v) is 7.46. The zero-order valence-corrected chi connectivity index (χ0v) is 15.0. The molecule has 0 radical (unpaired) electrons. The van der Waals surface area contributed by atoms with Gasteiger partial charge in [-0.15, -0.1) is 24.8 Å². The van der Waals surface area contributed by atoms with Crippen LogP contribution < -0.4 is 11.1 Å². The molecule has 3 N–H and O–H groups in total. The van der Waals surface area contributed by atoms with Gasteiger partial charge in [0, 0.05) is 18.2 Å². The van der Waals surface area contributed by atoms with E-state index in [1.54, 1.807) is 6.20 Å². The normalized spacial score (nSPS) is 21.7. The fourth-order valence-corrected chi connectivity index (χ4v) is 2.90. The molecule has 1 fully saturated rings. The topological polar surface area (TPSA) is 68.0 Å². The van der Waals surface area contributed by atoms with E-state index in [-0.39, 0.29) is 48.7 Å². The number of carbonyl (C=O) groups excluding carboxylic acids is 1. The van der Waals surface area contributed by atoms with Crippen LogP contribution in [0.4, 0.5) is 0 Å². The van der Waals surface area contributed by atoms with Gasteiger partial charge >= 0.3 is 0 Å². The van der Waals surface area contributed by atoms with Crippen molar-refractivity contribution in [3.8, 4) is 0 Å². The number of carbonyl (C=O) groups is 1. The minimum absolute atomic E-state index is 0. The van der Waals surface area contributed by atoms with Gasteiger partial charge in [0.1, 0.15) is 0 Å². The summed E-state index contributed by atoms with van der Waals surface area (Å²) in [5.41, 5.74) is 7.99. The molecule has 3 unspecified atom stereocenters. The van der Waals surface area contributed by atoms with Crippen molar-refractivity contribution in [1.82, 2.24) is 10.3 Å². The molecule has 1 aliphatic rings. The van der Waals surface area contributed by atoms with Crippen molar-refractivity contribution in [2.75, 3.05) is 0 Å². The smallest absolute Gasteiger partial charge is 0.223 e. The second-order valence-electron chi connectivity index (χ2n) is 6.21. The summed E-state index contributed by atoms with van der Waals surface area (Å²) in [6.07, 6.45) is 4.44. The summed E-state index contributed by atoms with van der Waals surface area (Å²) in [5, 5.41) is 3.18. The van der Waals surface area contributed by atoms with Gasteiger partial charge in [0.15, 0.2) is 0 Å². The van der Waals surface area contributed by atoms with E-state index in [1.807, 2.05) is 19.1 Å². The molecule has 0 saturated heterocycles. The Morgan fingerprint density at radius 1 is 1.36 bits per heavy atom. The van der Waals surface area contributed by atoms with Crippen LogP contribution in [0.3, 0.4) is 0 Å². The number of amides is 1. The van der Waals surface area contributed by atoms with E-state index >= 15 is 0 Å². The Morgan fingerprint density at radius 2 is 2.05 bits per heavy atom. The zero-order chi connectivity index (χ0) is 14.7. The van der Waals surface area contributed by atoms with E-state index in [9.17, 15) is 4.79 Å². The molecule has 1 aliphatic carbocycles. The minimum Gasteiger partial charge on any atom is -0.347 e. The van der Waals surface area contributed by atoms with Crippen molar-refractivity contribution in [3.63, 3.8) is 0 Å². The lowest BCUT2D eigenvalue weighted by Gasteiger charge is -2.25. The van der Waals surface area contributed by atoms with Gasteiger partial charge in [0.25, 0.3) is 0 Å². The number of pyridine rings is 1. The zero-order valence-electron chi connectivity index (χ0n) is 13.4. The molecule has 1 aromatic heterocycles. The van der Waals surface area contributed by atoms with Crippen LogP contribution >= 0.6 is 24.8 Å². The highest BCUT2D eigenvalue weighted by Gasteiger charge is 2.30. The van der Waals surface area contributed by atoms with Crippen LogP contribution in [0.25, 0.3) is 0 Å². The van der Waals surface area contributed by atoms with Gasteiger partial charge in [-0.1, -0.05) is 19.9 Å². The van der Waals surface area contributed by atoms with Gasteiger partial charge in [0.05, 0.1) is 11.7 Å². The van der Waals surface area contributed by atoms with Gasteiger partial charge in [-0.05, 0) is 43.7 Å². The number of hydrogen-bond donors (Lipinski definition) is 2. The van der Waals surface area contributed by atoms with Crippen LogP contribution in [0.5, 0.6) is 0 Å². The number of nitrogens with zero attached hydrogens (tertiary/aromatic N) is 1. The predicted octanol–water partition coefficient (Wildman–Crippen LogP) is 3.17. The van der Waals surface area contributed by atoms with E-state index in [2.05, 4.69) is 24.1 Å². The molecule has 2 rings (SSSR count). The Morgan fingerprint density at radius 3 is 2.55 bits per heavy atom. The fourth-order valence-electron chi connectivity index (χ4n) is 2.90. The highest BCUT2D eigenvalue weighted by molar-refractivity contribution is 5.85. The third-order valence-corrected chi connectivity index (χ3v) is 4.15. The van der Waals surface area contributed by atoms with E-state index in [0.29, 0.717) is 5.92 Å². The quantitative estimate of drug-likeness (QED) is 0.878. The van der Waals surface area contributed by atoms with Crippen LogP contribution in [-0.4, -0.2) is 16.9 Å². The monoisotopic (exact) mass is 347 g/mol. The lowest BCUT2D eigenvalue weighted by Crippen LogP contribution is -2.36. The molecular weight excluding hydrogens is 321 g/mol. The lowest BCUT2D eigenvalue weighted by atomic mass is 9.96. The SMILES string of the molecule is Cc1cccnc1C(NC(=O)C1CCC(N)C1)C(C)C.Cl.Cl. The Kier molecular flexibility index (Phi) is 8.98. The molecule has 22 heavy (non-hydrogen) atoms. The highest BCUT2D eigenvalue weighted by atomic mass is 35.5. The summed E-state index contributed by atoms with van der Waals surface area (Å²) in [6, 6.07) is 4.11. The van der Waals surface area contributed by atoms with Crippen LogP contribution in [0.2, 0.25) is 0 Å². The highest BCUT2D eigenvalue weighted by Crippen LogP contribution is 2.27. The van der Waals surface area contributed by atoms with E-state index in [0.717, 1.165) is 30.5 Å². The summed E-state index contributed by atoms with van der Waals surface area (Å²) in [7, 11) is 0. The van der Waals surface area contributed by atoms with Gasteiger partial charge in [-0.2, -0.15) is 0 Å². The van der Waals surface area contributed by atoms with Crippen molar-refractivity contribution < 1.29 is 4.79 Å². The lowest BCUT2D eigenvalue weighted by molar-refractivity contribution is -0.126. The van der Waals surface area contributed by atoms with Crippen LogP contribution in [-0.2, 0) is 4.79 Å². The predicted molar refractivity (Wildman–Crippen MR) is 94.5 cm³/mol. The number of nitrogens with one attached hydrogen (secondary N) is 1. The van der Waals surface area contributed by atoms with Crippen molar-refractivity contribution in [3.05, 3.63) is 29.6 Å². The second kappa shape index (κ2) is 9.33. The van der Waals surface area contributed by atoms with Crippen molar-refractivity contribution in [1.29, 1.82) is 0 Å². The molecule has 0 bridgehead atoms. The standard InChI is InChI=1S/C16H25N3O.2ClH/c1-10(2)14(15-11(3)5-4-8-18-15)19-16(20)12-6-7-13(17)9-12;;/h4-5,8,10,12-14H,6-7,9,17H2,1-3H3,(H,19,20);2*1H. The Bertz CT molecular complexity index is 482. The van der Waals surface area contributed by atoms with Crippen LogP contribution in [0.15, 0.2) is 18.3 Å². The maximum absolute atomic E-state index is 12.4. The number of nitrogens with two attached hydrogens (primary N) is 1. The number of aromatic nitrogens is 1. The third-order valence-electron chi connectivity index (χ3n) is 4.15. The number of halogens is 2. The van der Waals surface area contributed by atoms with Crippen molar-refractivity contribution >= 4 is 30.7 Å². The maximum atomic E-state index is 12.4. The third kappa shape index (κ3) is 5.11. The Balaban J connectivity index is 0.00000220. The first-order valence-electron chi connectivity index (χ1n) is 7.46. The van der Waals surface area contributed by atoms with E-state index < -0.39 is 0 Å². The molecule has 126 valence electrons. The molecule has 0 aliphatic heterocycles. The van der Waals surface area contributed by atoms with Crippen molar-refractivity contribution in [2.24, 2.45) is 17.6 Å². The molecule has 4 nitrogen and oxygen atoms in total. The molecule has 1 amide bonds. The number of aryl methyl sites for hydroxylation is 1. The summed E-state index contributed by atoms with van der Waals surface area (Å²) in [4.78, 5) is 16.9. The van der Waals surface area contributed by atoms with E-state index in [4.69, 9.17) is 5.73 Å². The summed E-state index contributed by atoms with van der Waals surface area (Å²) in [6.45, 7) is 6.26. The van der Waals surface area contributed by atoms with Gasteiger partial charge < -0.3 is 11.1 Å². The Labute approximate surface area is 145 Å². The van der Waals surface area contributed by atoms with Crippen LogP contribution in [0, 0.1) is 18.8 Å². The molecule has 6 heteroatoms. The maximum Gasteiger partial charge on any atom is 0.223 e. The first-order chi connectivity index (χ1) is 9.49. The van der Waals surface area contributed by atoms with Gasteiger partial charge in [-0.25, -0.2) is 0 Å². The average molecular weight is 348 g/mol. The molecule has 3 atom stereocenters. The molecule has 0 spiro atoms. The molecule has 1 aromatic rings. The molecule has 0 aromatic carbocycles. The van der Waals surface area contributed by atoms with Crippen molar-refractivity contribution in [2.45, 2.75) is 52.1 Å². The van der Waals surface area contributed by atoms with E-state index in [1.165, 1.54) is 0 Å². The Hall–Kier alpha value is -0.840. The van der Waals surface area contributed by atoms with Gasteiger partial charge in [-0.3, -0.25) is 9.78 Å². The summed E-state index contributed by atoms with van der Waals surface area (Å²) >= 11 is 0. The van der Waals surface area contributed by atoms with Crippen LogP contribution in [0.1, 0.15) is 50.4 Å². The first kappa shape index (κ1) is 21.2.